The van der Waals surface area contributed by atoms with Crippen LogP contribution in [0.3, 0.4) is 0 Å². The van der Waals surface area contributed by atoms with Crippen LogP contribution in [0.25, 0.3) is 21.9 Å². The van der Waals surface area contributed by atoms with Crippen molar-refractivity contribution in [1.82, 2.24) is 0 Å². The van der Waals surface area contributed by atoms with Gasteiger partial charge >= 0.3 is 5.97 Å². The van der Waals surface area contributed by atoms with Gasteiger partial charge < -0.3 is 9.47 Å². The molecule has 0 fully saturated rings. The molecule has 0 aliphatic rings. The number of esters is 1. The number of ether oxygens (including phenoxy) is 2. The van der Waals surface area contributed by atoms with Crippen molar-refractivity contribution in [3.8, 4) is 16.9 Å². The number of benzene rings is 4. The average Bonchev–Trinajstić information content (AvgIpc) is 2.88. The predicted octanol–water partition coefficient (Wildman–Crippen LogP) is 6.39. The maximum atomic E-state index is 12.5. The van der Waals surface area contributed by atoms with E-state index in [0.29, 0.717) is 18.6 Å². The zero-order valence-electron chi connectivity index (χ0n) is 20.2. The summed E-state index contributed by atoms with van der Waals surface area (Å²) in [7, 11) is 1.40. The highest BCUT2D eigenvalue weighted by Gasteiger charge is 2.22. The summed E-state index contributed by atoms with van der Waals surface area (Å²) < 4.78 is 11.2. The summed E-state index contributed by atoms with van der Waals surface area (Å²) in [5.74, 6) is 0.314. The second-order valence-corrected chi connectivity index (χ2v) is 8.41. The molecule has 1 unspecified atom stereocenters. The molecule has 0 aliphatic carbocycles. The van der Waals surface area contributed by atoms with Gasteiger partial charge in [0.15, 0.2) is 6.23 Å². The van der Waals surface area contributed by atoms with Crippen molar-refractivity contribution < 1.29 is 19.1 Å². The molecule has 5 heteroatoms. The van der Waals surface area contributed by atoms with E-state index in [0.717, 1.165) is 33.2 Å². The first-order valence-electron chi connectivity index (χ1n) is 11.7. The number of hydrogen-bond acceptors (Lipinski definition) is 4. The minimum absolute atomic E-state index is 0.106. The second kappa shape index (κ2) is 10.9. The number of nitrogens with zero attached hydrogens (tertiary/aromatic N) is 1. The summed E-state index contributed by atoms with van der Waals surface area (Å²) in [6.45, 7) is 3.40. The average molecular weight is 468 g/mol. The number of hydrogen-bond donors (Lipinski definition) is 0. The van der Waals surface area contributed by atoms with Gasteiger partial charge in [0.2, 0.25) is 5.91 Å². The van der Waals surface area contributed by atoms with Crippen LogP contribution in [0.15, 0.2) is 91.0 Å². The third kappa shape index (κ3) is 5.69. The van der Waals surface area contributed by atoms with E-state index >= 15 is 0 Å². The smallest absolute Gasteiger partial charge is 0.305 e. The van der Waals surface area contributed by atoms with Crippen LogP contribution in [0.5, 0.6) is 5.75 Å². The van der Waals surface area contributed by atoms with Crippen LogP contribution < -0.4 is 9.64 Å². The molecule has 35 heavy (non-hydrogen) atoms. The Morgan fingerprint density at radius 3 is 2.29 bits per heavy atom. The Morgan fingerprint density at radius 2 is 1.57 bits per heavy atom. The lowest BCUT2D eigenvalue weighted by atomic mass is 9.97. The molecule has 0 saturated heterocycles. The number of carbonyl (C=O) groups is 2. The van der Waals surface area contributed by atoms with Gasteiger partial charge in [-0.2, -0.15) is 0 Å². The number of anilines is 1. The highest BCUT2D eigenvalue weighted by Crippen LogP contribution is 2.35. The monoisotopic (exact) mass is 467 g/mol. The molecule has 0 radical (unpaired) electrons. The molecular weight excluding hydrogens is 438 g/mol. The quantitative estimate of drug-likeness (QED) is 0.223. The van der Waals surface area contributed by atoms with Gasteiger partial charge in [-0.1, -0.05) is 60.7 Å². The molecule has 0 saturated carbocycles. The first-order valence-corrected chi connectivity index (χ1v) is 11.7. The molecule has 0 spiro atoms. The minimum Gasteiger partial charge on any atom is -0.470 e. The lowest BCUT2D eigenvalue weighted by molar-refractivity contribution is -0.140. The van der Waals surface area contributed by atoms with Crippen molar-refractivity contribution in [3.05, 3.63) is 96.6 Å². The highest BCUT2D eigenvalue weighted by atomic mass is 16.5. The molecule has 4 aromatic carbocycles. The minimum atomic E-state index is -0.532. The maximum Gasteiger partial charge on any atom is 0.305 e. The van der Waals surface area contributed by atoms with E-state index in [-0.39, 0.29) is 11.9 Å². The van der Waals surface area contributed by atoms with Crippen LogP contribution in [0.2, 0.25) is 0 Å². The highest BCUT2D eigenvalue weighted by molar-refractivity contribution is 5.92. The van der Waals surface area contributed by atoms with E-state index in [2.05, 4.69) is 36.4 Å². The van der Waals surface area contributed by atoms with E-state index in [1.165, 1.54) is 14.0 Å². The molecule has 5 nitrogen and oxygen atoms in total. The molecule has 4 aromatic rings. The summed E-state index contributed by atoms with van der Waals surface area (Å²) in [6, 6.07) is 29.9. The maximum absolute atomic E-state index is 12.5. The fourth-order valence-electron chi connectivity index (χ4n) is 4.24. The number of methoxy groups -OCH3 is 1. The molecule has 0 aliphatic heterocycles. The van der Waals surface area contributed by atoms with Gasteiger partial charge in [-0.25, -0.2) is 0 Å². The normalized spacial score (nSPS) is 11.6. The molecule has 0 heterocycles. The Hall–Kier alpha value is -4.12. The fraction of sp³-hybridized carbons (Fsp3) is 0.200. The lowest BCUT2D eigenvalue weighted by Crippen LogP contribution is -2.40. The third-order valence-corrected chi connectivity index (χ3v) is 5.98. The van der Waals surface area contributed by atoms with E-state index in [1.54, 1.807) is 4.90 Å². The zero-order chi connectivity index (χ0) is 24.8. The Balaban J connectivity index is 1.72. The Labute approximate surface area is 205 Å². The van der Waals surface area contributed by atoms with Crippen LogP contribution in [-0.2, 0) is 20.7 Å². The summed E-state index contributed by atoms with van der Waals surface area (Å²) in [5.41, 5.74) is 3.68. The summed E-state index contributed by atoms with van der Waals surface area (Å²) in [4.78, 5) is 25.8. The van der Waals surface area contributed by atoms with Gasteiger partial charge in [-0.15, -0.1) is 0 Å². The first-order chi connectivity index (χ1) is 17.0. The van der Waals surface area contributed by atoms with Crippen LogP contribution in [0, 0.1) is 0 Å². The molecule has 1 atom stereocenters. The van der Waals surface area contributed by atoms with Crippen molar-refractivity contribution in [2.45, 2.75) is 32.9 Å². The molecule has 0 bridgehead atoms. The molecule has 178 valence electrons. The number of aryl methyl sites for hydroxylation is 1. The van der Waals surface area contributed by atoms with E-state index in [1.807, 2.05) is 61.5 Å². The SMILES string of the molecule is COC(=O)CCc1ccc(OC(C)N(C(C)=O)c2ccccc2)c(-c2ccc3ccccc3c2)c1. The zero-order valence-corrected chi connectivity index (χ0v) is 20.2. The molecular formula is C30H29NO4. The first kappa shape index (κ1) is 24.0. The fourth-order valence-corrected chi connectivity index (χ4v) is 4.24. The van der Waals surface area contributed by atoms with Gasteiger partial charge in [-0.05, 0) is 65.6 Å². The van der Waals surface area contributed by atoms with Crippen LogP contribution in [0.1, 0.15) is 25.8 Å². The molecule has 0 aromatic heterocycles. The number of rotatable bonds is 8. The van der Waals surface area contributed by atoms with Crippen LogP contribution in [0.4, 0.5) is 5.69 Å². The van der Waals surface area contributed by atoms with Gasteiger partial charge in [0, 0.05) is 24.6 Å². The Morgan fingerprint density at radius 1 is 0.857 bits per heavy atom. The largest absolute Gasteiger partial charge is 0.470 e. The molecule has 0 N–H and O–H groups in total. The summed E-state index contributed by atoms with van der Waals surface area (Å²) in [5, 5.41) is 2.28. The predicted molar refractivity (Wildman–Crippen MR) is 139 cm³/mol. The van der Waals surface area contributed by atoms with Crippen molar-refractivity contribution in [3.63, 3.8) is 0 Å². The Bertz CT molecular complexity index is 1330. The van der Waals surface area contributed by atoms with Gasteiger partial charge in [0.1, 0.15) is 5.75 Å². The standard InChI is InChI=1S/C30H29NO4/c1-21(32)31(27-11-5-4-6-12-27)22(2)35-29-17-13-23(14-18-30(33)34-3)19-28(29)26-16-15-24-9-7-8-10-25(24)20-26/h4-13,15-17,19-20,22H,14,18H2,1-3H3. The summed E-state index contributed by atoms with van der Waals surface area (Å²) >= 11 is 0. The summed E-state index contributed by atoms with van der Waals surface area (Å²) in [6.07, 6.45) is 0.332. The number of amides is 1. The molecule has 1 amide bonds. The van der Waals surface area contributed by atoms with Gasteiger partial charge in [0.05, 0.1) is 7.11 Å². The number of para-hydroxylation sites is 1. The molecule has 4 rings (SSSR count). The number of carbonyl (C=O) groups excluding carboxylic acids is 2. The van der Waals surface area contributed by atoms with Crippen molar-refractivity contribution in [1.29, 1.82) is 0 Å². The second-order valence-electron chi connectivity index (χ2n) is 8.41. The third-order valence-electron chi connectivity index (χ3n) is 5.98. The van der Waals surface area contributed by atoms with Crippen molar-refractivity contribution in [2.75, 3.05) is 12.0 Å². The van der Waals surface area contributed by atoms with E-state index < -0.39 is 6.23 Å². The van der Waals surface area contributed by atoms with Crippen molar-refractivity contribution >= 4 is 28.3 Å². The lowest BCUT2D eigenvalue weighted by Gasteiger charge is -2.29. The van der Waals surface area contributed by atoms with Gasteiger partial charge in [-0.3, -0.25) is 14.5 Å². The van der Waals surface area contributed by atoms with E-state index in [4.69, 9.17) is 9.47 Å². The van der Waals surface area contributed by atoms with Crippen molar-refractivity contribution in [2.24, 2.45) is 0 Å². The van der Waals surface area contributed by atoms with Crippen LogP contribution >= 0.6 is 0 Å². The topological polar surface area (TPSA) is 55.8 Å². The van der Waals surface area contributed by atoms with Crippen LogP contribution in [-0.4, -0.2) is 25.2 Å². The van der Waals surface area contributed by atoms with Gasteiger partial charge in [0.25, 0.3) is 0 Å². The number of fused-ring (bicyclic) bond motifs is 1. The van der Waals surface area contributed by atoms with E-state index in [9.17, 15) is 9.59 Å². The Kier molecular flexibility index (Phi) is 7.46.